The maximum absolute atomic E-state index is 11.0. The Balaban J connectivity index is -0.000000416. The number of amides is 2. The largest absolute Gasteiger partial charge is 0.759 e. The number of hydrogen-bond donors (Lipinski definition) is 2. The summed E-state index contributed by atoms with van der Waals surface area (Å²) in [5.74, 6) is 0.00724. The van der Waals surface area contributed by atoms with Crippen molar-refractivity contribution in [2.75, 3.05) is 68.5 Å². The van der Waals surface area contributed by atoms with Crippen LogP contribution in [0.4, 0.5) is 0 Å². The van der Waals surface area contributed by atoms with Gasteiger partial charge in [0.15, 0.2) is 0 Å². The Bertz CT molecular complexity index is 598. The van der Waals surface area contributed by atoms with Gasteiger partial charge in [-0.3, -0.25) is 18.0 Å². The van der Waals surface area contributed by atoms with Crippen LogP contribution < -0.4 is 10.6 Å². The Morgan fingerprint density at radius 1 is 0.742 bits per heavy atom. The number of hydrogen-bond acceptors (Lipinski definition) is 6. The summed E-state index contributed by atoms with van der Waals surface area (Å²) in [4.78, 5) is 21.9. The minimum Gasteiger partial charge on any atom is -0.759 e. The van der Waals surface area contributed by atoms with Crippen molar-refractivity contribution in [1.29, 1.82) is 0 Å². The highest BCUT2D eigenvalue weighted by molar-refractivity contribution is 7.79. The second-order valence-corrected chi connectivity index (χ2v) is 9.54. The molecule has 184 valence electrons. The molecule has 0 atom stereocenters. The highest BCUT2D eigenvalue weighted by Crippen LogP contribution is 1.92. The van der Waals surface area contributed by atoms with Crippen LogP contribution in [-0.2, 0) is 20.0 Å². The highest BCUT2D eigenvalue weighted by Gasteiger charge is 2.06. The molecule has 0 aromatic heterocycles. The van der Waals surface area contributed by atoms with Crippen LogP contribution in [0, 0.1) is 0 Å². The van der Waals surface area contributed by atoms with Crippen molar-refractivity contribution in [2.24, 2.45) is 0 Å². The average Bonchev–Trinajstić information content (AvgIpc) is 2.54. The van der Waals surface area contributed by atoms with E-state index in [1.807, 2.05) is 13.8 Å². The van der Waals surface area contributed by atoms with Crippen molar-refractivity contribution in [3.8, 4) is 0 Å². The van der Waals surface area contributed by atoms with E-state index in [0.29, 0.717) is 0 Å². The lowest BCUT2D eigenvalue weighted by molar-refractivity contribution is -0.870. The monoisotopic (exact) mass is 466 g/mol. The molecular weight excluding hydrogens is 424 g/mol. The van der Waals surface area contributed by atoms with Gasteiger partial charge in [-0.1, -0.05) is 12.2 Å². The third-order valence-electron chi connectivity index (χ3n) is 3.25. The van der Waals surface area contributed by atoms with Crippen molar-refractivity contribution in [1.82, 2.24) is 10.6 Å². The Hall–Kier alpha value is -1.79. The van der Waals surface area contributed by atoms with Gasteiger partial charge in [-0.15, -0.1) is 0 Å². The number of nitrogens with one attached hydrogen (secondary N) is 2. The molecule has 0 radical (unpaired) electrons. The molecule has 0 fully saturated rings. The maximum atomic E-state index is 11.0. The van der Waals surface area contributed by atoms with Crippen molar-refractivity contribution in [3.63, 3.8) is 0 Å². The summed E-state index contributed by atoms with van der Waals surface area (Å²) in [6.45, 7) is 7.36. The van der Waals surface area contributed by atoms with E-state index in [4.69, 9.17) is 17.5 Å². The molecule has 0 aliphatic carbocycles. The lowest BCUT2D eigenvalue weighted by atomic mass is 10.3. The van der Waals surface area contributed by atoms with E-state index in [-0.39, 0.29) is 11.8 Å². The van der Waals surface area contributed by atoms with Gasteiger partial charge in [0.25, 0.3) is 0 Å². The van der Waals surface area contributed by atoms with Crippen LogP contribution in [0.3, 0.4) is 0 Å². The number of quaternary nitrogens is 2. The molecule has 0 saturated heterocycles. The third-order valence-corrected chi connectivity index (χ3v) is 3.25. The summed E-state index contributed by atoms with van der Waals surface area (Å²) >= 11 is 0. The highest BCUT2D eigenvalue weighted by atomic mass is 32.3. The quantitative estimate of drug-likeness (QED) is 0.155. The summed E-state index contributed by atoms with van der Waals surface area (Å²) in [5.41, 5.74) is 0. The van der Waals surface area contributed by atoms with Gasteiger partial charge in [-0.05, 0) is 26.0 Å². The van der Waals surface area contributed by atoms with Crippen LogP contribution in [0.1, 0.15) is 26.7 Å². The Morgan fingerprint density at radius 3 is 1.19 bits per heavy atom. The van der Waals surface area contributed by atoms with Gasteiger partial charge >= 0.3 is 0 Å². The van der Waals surface area contributed by atoms with E-state index in [9.17, 15) is 9.59 Å². The predicted octanol–water partition coefficient (Wildman–Crippen LogP) is 0.212. The first-order chi connectivity index (χ1) is 13.9. The Morgan fingerprint density at radius 2 is 1.00 bits per heavy atom. The van der Waals surface area contributed by atoms with Crippen LogP contribution >= 0.6 is 0 Å². The zero-order valence-corrected chi connectivity index (χ0v) is 21.1. The van der Waals surface area contributed by atoms with Gasteiger partial charge in [-0.2, -0.15) is 0 Å². The number of carbonyl (C=O) groups is 2. The molecule has 2 N–H and O–H groups in total. The molecule has 0 aliphatic heterocycles. The molecular formula is C20H42N4O6S. The second kappa shape index (κ2) is 17.8. The summed E-state index contributed by atoms with van der Waals surface area (Å²) < 4.78 is 36.0. The molecule has 2 amide bonds. The zero-order valence-electron chi connectivity index (χ0n) is 20.3. The summed E-state index contributed by atoms with van der Waals surface area (Å²) in [5, 5.41) is 5.64. The first kappa shape index (κ1) is 33.8. The van der Waals surface area contributed by atoms with Gasteiger partial charge in [0, 0.05) is 36.3 Å². The number of nitrogens with zero attached hydrogens (tertiary/aromatic N) is 2. The molecule has 31 heavy (non-hydrogen) atoms. The van der Waals surface area contributed by atoms with Crippen LogP contribution in [-0.4, -0.2) is 107 Å². The lowest BCUT2D eigenvalue weighted by Crippen LogP contribution is -2.37. The first-order valence-corrected chi connectivity index (χ1v) is 11.3. The minimum absolute atomic E-state index is 0.00362. The number of carbonyl (C=O) groups excluding carboxylic acids is 2. The fraction of sp³-hybridized carbons (Fsp3) is 0.700. The van der Waals surface area contributed by atoms with Crippen LogP contribution in [0.5, 0.6) is 0 Å². The standard InChI is InChI=1S/2C10H20N2O.H2O4S/c2*1-5-7-10(13)11-8-6-9-12(2,3)4;1-5(2,3)4/h2*5,7H,6,8-9H2,1-4H3;(H2,1,2,3,4). The van der Waals surface area contributed by atoms with Crippen LogP contribution in [0.2, 0.25) is 0 Å². The summed E-state index contributed by atoms with van der Waals surface area (Å²) in [6.07, 6.45) is 8.63. The van der Waals surface area contributed by atoms with Gasteiger partial charge in [0.1, 0.15) is 0 Å². The van der Waals surface area contributed by atoms with Crippen molar-refractivity contribution < 1.29 is 36.1 Å². The molecule has 0 saturated carbocycles. The molecule has 11 heteroatoms. The van der Waals surface area contributed by atoms with E-state index in [0.717, 1.165) is 48.0 Å². The smallest absolute Gasteiger partial charge is 0.243 e. The maximum Gasteiger partial charge on any atom is 0.243 e. The Labute approximate surface area is 188 Å². The van der Waals surface area contributed by atoms with E-state index >= 15 is 0 Å². The SMILES string of the molecule is CC=CC(=O)NCCC[N+](C)(C)C.CC=CC(=O)NCCC[N+](C)(C)C.O=S(=O)([O-])[O-]. The molecule has 0 unspecified atom stereocenters. The fourth-order valence-electron chi connectivity index (χ4n) is 1.95. The number of allylic oxidation sites excluding steroid dienone is 2. The predicted molar refractivity (Wildman–Crippen MR) is 121 cm³/mol. The lowest BCUT2D eigenvalue weighted by Gasteiger charge is -2.23. The molecule has 0 aromatic rings. The van der Waals surface area contributed by atoms with Crippen molar-refractivity contribution in [2.45, 2.75) is 26.7 Å². The van der Waals surface area contributed by atoms with E-state index in [1.54, 1.807) is 24.3 Å². The topological polar surface area (TPSA) is 138 Å². The van der Waals surface area contributed by atoms with Gasteiger partial charge in [-0.25, -0.2) is 0 Å². The summed E-state index contributed by atoms with van der Waals surface area (Å²) in [6, 6.07) is 0. The molecule has 10 nitrogen and oxygen atoms in total. The normalized spacial score (nSPS) is 11.9. The van der Waals surface area contributed by atoms with E-state index in [2.05, 4.69) is 52.9 Å². The molecule has 0 aromatic carbocycles. The summed E-state index contributed by atoms with van der Waals surface area (Å²) in [7, 11) is 7.71. The van der Waals surface area contributed by atoms with Gasteiger partial charge in [0.05, 0.1) is 55.4 Å². The molecule has 0 aliphatic rings. The van der Waals surface area contributed by atoms with E-state index < -0.39 is 10.4 Å². The molecule has 0 rings (SSSR count). The van der Waals surface area contributed by atoms with Crippen LogP contribution in [0.25, 0.3) is 0 Å². The zero-order chi connectivity index (χ0) is 25.1. The third kappa shape index (κ3) is 47.4. The Kier molecular flexibility index (Phi) is 19.5. The minimum atomic E-state index is -5.17. The first-order valence-electron chi connectivity index (χ1n) is 10.00. The molecule has 0 heterocycles. The molecule has 0 bridgehead atoms. The van der Waals surface area contributed by atoms with Crippen LogP contribution in [0.15, 0.2) is 24.3 Å². The number of rotatable bonds is 10. The second-order valence-electron chi connectivity index (χ2n) is 8.73. The van der Waals surface area contributed by atoms with Crippen molar-refractivity contribution >= 4 is 22.2 Å². The average molecular weight is 467 g/mol. The molecule has 0 spiro atoms. The van der Waals surface area contributed by atoms with Crippen molar-refractivity contribution in [3.05, 3.63) is 24.3 Å². The fourth-order valence-corrected chi connectivity index (χ4v) is 1.95. The van der Waals surface area contributed by atoms with Gasteiger partial charge in [0.2, 0.25) is 11.8 Å². The van der Waals surface area contributed by atoms with E-state index in [1.165, 1.54) is 0 Å². The van der Waals surface area contributed by atoms with Gasteiger partial charge < -0.3 is 28.7 Å².